The van der Waals surface area contributed by atoms with E-state index < -0.39 is 58.8 Å². The molecular formula is C46H59N4O14S3+. The lowest BCUT2D eigenvalue weighted by Crippen LogP contribution is -2.38. The van der Waals surface area contributed by atoms with Crippen molar-refractivity contribution in [3.05, 3.63) is 108 Å². The topological polar surface area (TPSA) is 254 Å². The van der Waals surface area contributed by atoms with Gasteiger partial charge in [0.25, 0.3) is 42.2 Å². The molecule has 0 saturated heterocycles. The largest absolute Gasteiger partial charge is 0.385 e. The number of nitrogens with zero attached hydrogens (tertiary/aromatic N) is 3. The number of carbonyl (C=O) groups is 3. The molecule has 2 aromatic carbocycles. The third kappa shape index (κ3) is 13.1. The molecule has 3 heterocycles. The second-order valence-corrected chi connectivity index (χ2v) is 21.2. The van der Waals surface area contributed by atoms with E-state index in [4.69, 9.17) is 9.47 Å². The van der Waals surface area contributed by atoms with Crippen LogP contribution in [0.2, 0.25) is 0 Å². The van der Waals surface area contributed by atoms with E-state index in [0.717, 1.165) is 16.3 Å². The molecule has 0 aliphatic carbocycles. The molecule has 5 rings (SSSR count). The van der Waals surface area contributed by atoms with Crippen molar-refractivity contribution < 1.29 is 67.3 Å². The average molecular weight is 988 g/mol. The highest BCUT2D eigenvalue weighted by Gasteiger charge is 2.48. The third-order valence-corrected chi connectivity index (χ3v) is 14.7. The number of methoxy groups -OCH3 is 2. The summed E-state index contributed by atoms with van der Waals surface area (Å²) in [7, 11) is -10.3. The fourth-order valence-electron chi connectivity index (χ4n) is 8.75. The molecule has 18 nitrogen and oxygen atoms in total. The van der Waals surface area contributed by atoms with Crippen molar-refractivity contribution in [2.75, 3.05) is 64.3 Å². The maximum Gasteiger partial charge on any atom is 0.294 e. The second-order valence-electron chi connectivity index (χ2n) is 16.8. The van der Waals surface area contributed by atoms with Gasteiger partial charge >= 0.3 is 0 Å². The second kappa shape index (κ2) is 22.3. The smallest absolute Gasteiger partial charge is 0.294 e. The minimum absolute atomic E-state index is 0.0547. The summed E-state index contributed by atoms with van der Waals surface area (Å²) < 4.78 is 115. The number of allylic oxidation sites excluding steroid dienone is 8. The number of anilines is 1. The molecule has 0 spiro atoms. The SMILES string of the molecule is COCCN1/C(=C/C=C/C=C/C=C/C2=[N+](CCCCCC(=O)NCCN3C(=O)C=CC3=O)c3ccc(S(=O)(=O)O)cc3C2(C)CCOC)C(C)(CCCS(=O)(=O)O)c2cc(S(=O)(=O)O)ccc21. The van der Waals surface area contributed by atoms with Gasteiger partial charge in [0.15, 0.2) is 5.71 Å². The normalized spacial score (nSPS) is 20.5. The molecule has 2 aromatic rings. The van der Waals surface area contributed by atoms with Gasteiger partial charge in [0.05, 0.1) is 27.6 Å². The van der Waals surface area contributed by atoms with Crippen LogP contribution in [0.5, 0.6) is 0 Å². The lowest BCUT2D eigenvalue weighted by molar-refractivity contribution is -0.438. The van der Waals surface area contributed by atoms with Crippen molar-refractivity contribution >= 4 is 65.2 Å². The average Bonchev–Trinajstić information content (AvgIpc) is 3.79. The molecule has 3 amide bonds. The van der Waals surface area contributed by atoms with Crippen LogP contribution >= 0.6 is 0 Å². The number of hydrogen-bond donors (Lipinski definition) is 4. The van der Waals surface area contributed by atoms with Gasteiger partial charge < -0.3 is 19.7 Å². The quantitative estimate of drug-likeness (QED) is 0.0342. The molecule has 0 bridgehead atoms. The molecular weight excluding hydrogens is 929 g/mol. The maximum atomic E-state index is 12.5. The molecule has 3 aliphatic heterocycles. The maximum absolute atomic E-state index is 12.5. The van der Waals surface area contributed by atoms with E-state index >= 15 is 0 Å². The van der Waals surface area contributed by atoms with Gasteiger partial charge in [-0.3, -0.25) is 32.9 Å². The third-order valence-electron chi connectivity index (χ3n) is 12.2. The number of imide groups is 1. The van der Waals surface area contributed by atoms with Gasteiger partial charge in [0, 0.05) is 100.0 Å². The van der Waals surface area contributed by atoms with Crippen molar-refractivity contribution in [3.8, 4) is 0 Å². The Balaban J connectivity index is 1.38. The van der Waals surface area contributed by atoms with E-state index in [9.17, 15) is 53.3 Å². The van der Waals surface area contributed by atoms with Crippen molar-refractivity contribution in [1.82, 2.24) is 10.2 Å². The first-order chi connectivity index (χ1) is 31.5. The number of ether oxygens (including phenoxy) is 2. The zero-order chi connectivity index (χ0) is 49.2. The first-order valence-electron chi connectivity index (χ1n) is 21.7. The molecule has 0 radical (unpaired) electrons. The summed E-state index contributed by atoms with van der Waals surface area (Å²) >= 11 is 0. The molecule has 21 heteroatoms. The van der Waals surface area contributed by atoms with E-state index in [1.54, 1.807) is 44.6 Å². The standard InChI is InChI=1S/C46H58N4O14S3/c1-45(23-13-31-65(54,55)56)36-32-34(66(57,58)59)18-20-39(36)49(28-30-64-4)40(45)14-9-6-5-7-10-15-41-46(2,24-29-63-3)37-33-35(67(60,61)62)17-19-38(37)48(41)26-12-8-11-16-42(51)47-25-27-50-43(52)21-22-44(50)53/h5-7,9-10,14-15,17-22,32-33H,8,11-13,16,23-31H2,1-4H3,(H3-,47,51,54,55,56,57,58,59,60,61,62)/p+1. The summed E-state index contributed by atoms with van der Waals surface area (Å²) in [4.78, 5) is 38.5. The number of rotatable bonds is 25. The Morgan fingerprint density at radius 2 is 1.36 bits per heavy atom. The van der Waals surface area contributed by atoms with Gasteiger partial charge in [0.2, 0.25) is 11.6 Å². The van der Waals surface area contributed by atoms with E-state index in [1.807, 2.05) is 43.1 Å². The van der Waals surface area contributed by atoms with Crippen LogP contribution in [0.1, 0.15) is 69.9 Å². The number of unbranched alkanes of at least 4 members (excludes halogenated alkanes) is 2. The predicted molar refractivity (Wildman–Crippen MR) is 251 cm³/mol. The van der Waals surface area contributed by atoms with Crippen LogP contribution in [0.4, 0.5) is 11.4 Å². The number of nitrogens with one attached hydrogen (secondary N) is 1. The molecule has 67 heavy (non-hydrogen) atoms. The molecule has 0 saturated carbocycles. The lowest BCUT2D eigenvalue weighted by Gasteiger charge is -2.30. The Morgan fingerprint density at radius 3 is 2.00 bits per heavy atom. The summed E-state index contributed by atoms with van der Waals surface area (Å²) in [6.07, 6.45) is 18.1. The first-order valence-corrected chi connectivity index (χ1v) is 26.2. The van der Waals surface area contributed by atoms with Gasteiger partial charge in [-0.2, -0.15) is 29.8 Å². The van der Waals surface area contributed by atoms with Crippen molar-refractivity contribution in [3.63, 3.8) is 0 Å². The molecule has 2 atom stereocenters. The molecule has 2 unspecified atom stereocenters. The van der Waals surface area contributed by atoms with E-state index in [1.165, 1.54) is 36.4 Å². The fraction of sp³-hybridized carbons (Fsp3) is 0.435. The lowest BCUT2D eigenvalue weighted by atomic mass is 9.76. The van der Waals surface area contributed by atoms with Gasteiger partial charge in [-0.15, -0.1) is 0 Å². The van der Waals surface area contributed by atoms with E-state index in [0.29, 0.717) is 74.5 Å². The number of fused-ring (bicyclic) bond motifs is 2. The summed E-state index contributed by atoms with van der Waals surface area (Å²) in [5, 5.41) is 2.75. The fourth-order valence-corrected chi connectivity index (χ4v) is 10.3. The van der Waals surface area contributed by atoms with Crippen LogP contribution in [0.3, 0.4) is 0 Å². The molecule has 0 aromatic heterocycles. The minimum atomic E-state index is -4.57. The number of amides is 3. The number of carbonyl (C=O) groups excluding carboxylic acids is 3. The van der Waals surface area contributed by atoms with Crippen molar-refractivity contribution in [2.24, 2.45) is 0 Å². The monoisotopic (exact) mass is 987 g/mol. The Bertz CT molecular complexity index is 2730. The predicted octanol–water partition coefficient (Wildman–Crippen LogP) is 4.82. The van der Waals surface area contributed by atoms with Crippen molar-refractivity contribution in [2.45, 2.75) is 79.4 Å². The molecule has 364 valence electrons. The molecule has 4 N–H and O–H groups in total. The molecule has 0 fully saturated rings. The van der Waals surface area contributed by atoms with Crippen LogP contribution in [0.15, 0.2) is 107 Å². The number of hydrogen-bond acceptors (Lipinski definition) is 12. The van der Waals surface area contributed by atoms with Crippen LogP contribution in [0.25, 0.3) is 0 Å². The minimum Gasteiger partial charge on any atom is -0.385 e. The van der Waals surface area contributed by atoms with Crippen LogP contribution in [-0.4, -0.2) is 131 Å². The first kappa shape index (κ1) is 52.8. The zero-order valence-corrected chi connectivity index (χ0v) is 40.4. The highest BCUT2D eigenvalue weighted by molar-refractivity contribution is 7.86. The Hall–Kier alpha value is -5.13. The zero-order valence-electron chi connectivity index (χ0n) is 38.0. The van der Waals surface area contributed by atoms with E-state index in [2.05, 4.69) is 9.89 Å². The number of benzene rings is 2. The summed E-state index contributed by atoms with van der Waals surface area (Å²) in [6, 6.07) is 8.78. The highest BCUT2D eigenvalue weighted by atomic mass is 32.2. The Morgan fingerprint density at radius 1 is 0.731 bits per heavy atom. The van der Waals surface area contributed by atoms with Gasteiger partial charge in [0.1, 0.15) is 6.54 Å². The molecule has 3 aliphatic rings. The van der Waals surface area contributed by atoms with Gasteiger partial charge in [-0.05, 0) is 87.9 Å². The summed E-state index contributed by atoms with van der Waals surface area (Å²) in [5.41, 5.74) is 2.54. The van der Waals surface area contributed by atoms with Gasteiger partial charge in [-0.1, -0.05) is 30.4 Å². The van der Waals surface area contributed by atoms with Crippen LogP contribution < -0.4 is 10.2 Å². The van der Waals surface area contributed by atoms with Crippen LogP contribution in [-0.2, 0) is 65.0 Å². The summed E-state index contributed by atoms with van der Waals surface area (Å²) in [6.45, 7) is 5.59. The summed E-state index contributed by atoms with van der Waals surface area (Å²) in [5.74, 6) is -1.54. The van der Waals surface area contributed by atoms with Crippen LogP contribution in [0, 0.1) is 0 Å². The Kier molecular flexibility index (Phi) is 17.6. The van der Waals surface area contributed by atoms with Gasteiger partial charge in [-0.25, -0.2) is 0 Å². The van der Waals surface area contributed by atoms with Crippen molar-refractivity contribution in [1.29, 1.82) is 0 Å². The highest BCUT2D eigenvalue weighted by Crippen LogP contribution is 2.51. The van der Waals surface area contributed by atoms with E-state index in [-0.39, 0.29) is 48.1 Å². The Labute approximate surface area is 392 Å².